The number of aryl methyl sites for hydroxylation is 1. The van der Waals surface area contributed by atoms with Crippen LogP contribution in [0.15, 0.2) is 12.3 Å². The predicted molar refractivity (Wildman–Crippen MR) is 43.0 cm³/mol. The standard InChI is InChI=1S/C7H8N4/c1-4-10-6-2-5(8)3-9-7(6)11-4/h2-3H,8H2,1H3,(H,9,10,11). The lowest BCUT2D eigenvalue weighted by Crippen LogP contribution is -1.85. The van der Waals surface area contributed by atoms with Crippen LogP contribution in [0.25, 0.3) is 11.2 Å². The van der Waals surface area contributed by atoms with Gasteiger partial charge in [0.25, 0.3) is 0 Å². The third-order valence-electron chi connectivity index (χ3n) is 1.48. The number of pyridine rings is 1. The van der Waals surface area contributed by atoms with Crippen LogP contribution in [0.2, 0.25) is 0 Å². The zero-order valence-electron chi connectivity index (χ0n) is 6.13. The van der Waals surface area contributed by atoms with Gasteiger partial charge < -0.3 is 10.7 Å². The number of imidazole rings is 1. The maximum absolute atomic E-state index is 5.52. The molecule has 0 aliphatic heterocycles. The molecule has 4 heteroatoms. The Labute approximate surface area is 63.5 Å². The summed E-state index contributed by atoms with van der Waals surface area (Å²) in [6, 6.07) is 1.82. The lowest BCUT2D eigenvalue weighted by Gasteiger charge is -1.88. The molecule has 0 aromatic carbocycles. The highest BCUT2D eigenvalue weighted by molar-refractivity contribution is 5.73. The molecule has 2 aromatic heterocycles. The first kappa shape index (κ1) is 6.15. The Balaban J connectivity index is 2.82. The van der Waals surface area contributed by atoms with Gasteiger partial charge in [-0.3, -0.25) is 0 Å². The summed E-state index contributed by atoms with van der Waals surface area (Å²) in [6.45, 7) is 1.89. The highest BCUT2D eigenvalue weighted by atomic mass is 15.0. The van der Waals surface area contributed by atoms with E-state index in [-0.39, 0.29) is 0 Å². The zero-order chi connectivity index (χ0) is 7.84. The second kappa shape index (κ2) is 1.95. The van der Waals surface area contributed by atoms with Crippen molar-refractivity contribution in [3.8, 4) is 0 Å². The molecule has 0 aliphatic carbocycles. The van der Waals surface area contributed by atoms with Gasteiger partial charge in [-0.1, -0.05) is 0 Å². The minimum atomic E-state index is 0.654. The van der Waals surface area contributed by atoms with Crippen LogP contribution in [0.4, 0.5) is 5.69 Å². The van der Waals surface area contributed by atoms with Gasteiger partial charge in [-0.05, 0) is 13.0 Å². The molecule has 3 N–H and O–H groups in total. The lowest BCUT2D eigenvalue weighted by molar-refractivity contribution is 1.16. The fourth-order valence-electron chi connectivity index (χ4n) is 1.04. The van der Waals surface area contributed by atoms with Crippen LogP contribution >= 0.6 is 0 Å². The average Bonchev–Trinajstić information content (AvgIpc) is 2.27. The van der Waals surface area contributed by atoms with Gasteiger partial charge in [0.1, 0.15) is 5.82 Å². The van der Waals surface area contributed by atoms with E-state index < -0.39 is 0 Å². The zero-order valence-corrected chi connectivity index (χ0v) is 6.13. The Bertz CT molecular complexity index is 390. The molecule has 0 saturated carbocycles. The van der Waals surface area contributed by atoms with Crippen LogP contribution in [0.3, 0.4) is 0 Å². The number of nitrogens with two attached hydrogens (primary N) is 1. The second-order valence-corrected chi connectivity index (χ2v) is 2.46. The van der Waals surface area contributed by atoms with Gasteiger partial charge in [-0.25, -0.2) is 9.97 Å². The van der Waals surface area contributed by atoms with E-state index in [2.05, 4.69) is 15.0 Å². The molecule has 2 heterocycles. The third-order valence-corrected chi connectivity index (χ3v) is 1.48. The molecule has 0 amide bonds. The number of aromatic nitrogens is 3. The number of anilines is 1. The number of hydrogen-bond donors (Lipinski definition) is 2. The van der Waals surface area contributed by atoms with Crippen molar-refractivity contribution in [3.63, 3.8) is 0 Å². The van der Waals surface area contributed by atoms with Crippen molar-refractivity contribution >= 4 is 16.9 Å². The van der Waals surface area contributed by atoms with Crippen molar-refractivity contribution < 1.29 is 0 Å². The van der Waals surface area contributed by atoms with Crippen molar-refractivity contribution in [2.45, 2.75) is 6.92 Å². The highest BCUT2D eigenvalue weighted by Gasteiger charge is 1.98. The van der Waals surface area contributed by atoms with Gasteiger partial charge >= 0.3 is 0 Å². The molecule has 0 radical (unpaired) electrons. The van der Waals surface area contributed by atoms with Crippen LogP contribution in [-0.4, -0.2) is 15.0 Å². The Morgan fingerprint density at radius 1 is 1.55 bits per heavy atom. The number of nitrogen functional groups attached to an aromatic ring is 1. The second-order valence-electron chi connectivity index (χ2n) is 2.46. The molecular weight excluding hydrogens is 140 g/mol. The van der Waals surface area contributed by atoms with E-state index in [1.54, 1.807) is 6.20 Å². The van der Waals surface area contributed by atoms with Gasteiger partial charge in [-0.2, -0.15) is 0 Å². The first-order valence-electron chi connectivity index (χ1n) is 3.33. The van der Waals surface area contributed by atoms with Crippen LogP contribution in [0.1, 0.15) is 5.82 Å². The van der Waals surface area contributed by atoms with Crippen LogP contribution in [0, 0.1) is 6.92 Å². The van der Waals surface area contributed by atoms with Gasteiger partial charge in [-0.15, -0.1) is 0 Å². The first-order chi connectivity index (χ1) is 5.25. The van der Waals surface area contributed by atoms with E-state index in [1.165, 1.54) is 0 Å². The summed E-state index contributed by atoms with van der Waals surface area (Å²) in [7, 11) is 0. The molecule has 0 aliphatic rings. The van der Waals surface area contributed by atoms with E-state index in [0.29, 0.717) is 5.69 Å². The minimum absolute atomic E-state index is 0.654. The molecular formula is C7H8N4. The molecule has 2 rings (SSSR count). The summed E-state index contributed by atoms with van der Waals surface area (Å²) in [5.74, 6) is 0.859. The molecule has 56 valence electrons. The van der Waals surface area contributed by atoms with E-state index in [1.807, 2.05) is 13.0 Å². The Morgan fingerprint density at radius 2 is 2.36 bits per heavy atom. The molecule has 11 heavy (non-hydrogen) atoms. The lowest BCUT2D eigenvalue weighted by atomic mass is 10.4. The van der Waals surface area contributed by atoms with Gasteiger partial charge in [0, 0.05) is 0 Å². The normalized spacial score (nSPS) is 10.6. The number of rotatable bonds is 0. The third kappa shape index (κ3) is 0.920. The molecule has 0 spiro atoms. The molecule has 0 atom stereocenters. The summed E-state index contributed by atoms with van der Waals surface area (Å²) in [5, 5.41) is 0. The summed E-state index contributed by atoms with van der Waals surface area (Å²) in [5.41, 5.74) is 7.79. The number of fused-ring (bicyclic) bond motifs is 1. The highest BCUT2D eigenvalue weighted by Crippen LogP contribution is 2.10. The Morgan fingerprint density at radius 3 is 3.18 bits per heavy atom. The predicted octanol–water partition coefficient (Wildman–Crippen LogP) is 0.849. The number of aromatic amines is 1. The summed E-state index contributed by atoms with van der Waals surface area (Å²) < 4.78 is 0. The maximum atomic E-state index is 5.52. The smallest absolute Gasteiger partial charge is 0.177 e. The van der Waals surface area contributed by atoms with Gasteiger partial charge in [0.2, 0.25) is 0 Å². The molecule has 0 saturated heterocycles. The molecule has 0 unspecified atom stereocenters. The van der Waals surface area contributed by atoms with Crippen molar-refractivity contribution in [3.05, 3.63) is 18.1 Å². The molecule has 2 aromatic rings. The molecule has 4 nitrogen and oxygen atoms in total. The number of H-pyrrole nitrogens is 1. The topological polar surface area (TPSA) is 67.6 Å². The number of nitrogens with one attached hydrogen (secondary N) is 1. The van der Waals surface area contributed by atoms with Crippen molar-refractivity contribution in [1.82, 2.24) is 15.0 Å². The quantitative estimate of drug-likeness (QED) is 0.582. The maximum Gasteiger partial charge on any atom is 0.177 e. The average molecular weight is 148 g/mol. The summed E-state index contributed by atoms with van der Waals surface area (Å²) in [6.07, 6.45) is 1.60. The number of nitrogens with zero attached hydrogens (tertiary/aromatic N) is 2. The number of hydrogen-bond acceptors (Lipinski definition) is 3. The SMILES string of the molecule is Cc1nc2ncc(N)cc2[nH]1. The van der Waals surface area contributed by atoms with Crippen molar-refractivity contribution in [1.29, 1.82) is 0 Å². The van der Waals surface area contributed by atoms with Gasteiger partial charge in [0.15, 0.2) is 5.65 Å². The minimum Gasteiger partial charge on any atom is -0.397 e. The van der Waals surface area contributed by atoms with Crippen LogP contribution in [0.5, 0.6) is 0 Å². The summed E-state index contributed by atoms with van der Waals surface area (Å²) >= 11 is 0. The van der Waals surface area contributed by atoms with Gasteiger partial charge in [0.05, 0.1) is 17.4 Å². The first-order valence-corrected chi connectivity index (χ1v) is 3.33. The van der Waals surface area contributed by atoms with Crippen LogP contribution in [-0.2, 0) is 0 Å². The van der Waals surface area contributed by atoms with Crippen molar-refractivity contribution in [2.75, 3.05) is 5.73 Å². The monoisotopic (exact) mass is 148 g/mol. The van der Waals surface area contributed by atoms with E-state index >= 15 is 0 Å². The molecule has 0 fully saturated rings. The molecule has 0 bridgehead atoms. The van der Waals surface area contributed by atoms with E-state index in [9.17, 15) is 0 Å². The Kier molecular flexibility index (Phi) is 1.09. The Hall–Kier alpha value is -1.58. The fourth-order valence-corrected chi connectivity index (χ4v) is 1.04. The van der Waals surface area contributed by atoms with Crippen LogP contribution < -0.4 is 5.73 Å². The van der Waals surface area contributed by atoms with E-state index in [4.69, 9.17) is 5.73 Å². The largest absolute Gasteiger partial charge is 0.397 e. The van der Waals surface area contributed by atoms with E-state index in [0.717, 1.165) is 17.0 Å². The fraction of sp³-hybridized carbons (Fsp3) is 0.143. The van der Waals surface area contributed by atoms with Crippen molar-refractivity contribution in [2.24, 2.45) is 0 Å². The summed E-state index contributed by atoms with van der Waals surface area (Å²) in [4.78, 5) is 11.2.